The fourth-order valence-electron chi connectivity index (χ4n) is 3.55. The lowest BCUT2D eigenvalue weighted by Crippen LogP contribution is -2.50. The van der Waals surface area contributed by atoms with Gasteiger partial charge in [-0.25, -0.2) is 0 Å². The molecule has 0 aliphatic carbocycles. The number of aryl methyl sites for hydroxylation is 1. The van der Waals surface area contributed by atoms with E-state index in [9.17, 15) is 9.59 Å². The first-order chi connectivity index (χ1) is 14.0. The molecule has 0 N–H and O–H groups in total. The van der Waals surface area contributed by atoms with Crippen molar-refractivity contribution in [3.63, 3.8) is 0 Å². The Morgan fingerprint density at radius 2 is 1.48 bits per heavy atom. The number of hydrogen-bond donors (Lipinski definition) is 0. The van der Waals surface area contributed by atoms with E-state index in [1.807, 2.05) is 9.80 Å². The first-order valence-electron chi connectivity index (χ1n) is 10.3. The van der Waals surface area contributed by atoms with Gasteiger partial charge >= 0.3 is 0 Å². The highest BCUT2D eigenvalue weighted by Gasteiger charge is 2.24. The minimum Gasteiger partial charge on any atom is -0.497 e. The third-order valence-corrected chi connectivity index (χ3v) is 5.53. The van der Waals surface area contributed by atoms with Crippen molar-refractivity contribution in [3.8, 4) is 5.75 Å². The number of hydrogen-bond acceptors (Lipinski definition) is 3. The molecule has 2 aromatic carbocycles. The van der Waals surface area contributed by atoms with Crippen molar-refractivity contribution < 1.29 is 14.3 Å². The Morgan fingerprint density at radius 1 is 0.897 bits per heavy atom. The molecule has 0 atom stereocenters. The van der Waals surface area contributed by atoms with E-state index in [1.165, 1.54) is 11.1 Å². The largest absolute Gasteiger partial charge is 0.497 e. The SMILES string of the molecule is COc1ccc(C(=O)N2CCN(C(=O)CCc3ccc(C(C)C)cc3)CC2)cc1. The fraction of sp³-hybridized carbons (Fsp3) is 0.417. The molecule has 5 nitrogen and oxygen atoms in total. The van der Waals surface area contributed by atoms with Crippen molar-refractivity contribution in [1.29, 1.82) is 0 Å². The lowest BCUT2D eigenvalue weighted by atomic mass is 10.00. The molecule has 0 spiro atoms. The van der Waals surface area contributed by atoms with Crippen molar-refractivity contribution in [3.05, 3.63) is 65.2 Å². The van der Waals surface area contributed by atoms with Crippen molar-refractivity contribution in [1.82, 2.24) is 9.80 Å². The summed E-state index contributed by atoms with van der Waals surface area (Å²) in [6.07, 6.45) is 1.26. The summed E-state index contributed by atoms with van der Waals surface area (Å²) < 4.78 is 5.14. The van der Waals surface area contributed by atoms with Crippen molar-refractivity contribution >= 4 is 11.8 Å². The number of nitrogens with zero attached hydrogens (tertiary/aromatic N) is 2. The van der Waals surface area contributed by atoms with Gasteiger partial charge in [0.1, 0.15) is 5.75 Å². The summed E-state index contributed by atoms with van der Waals surface area (Å²) in [6.45, 7) is 6.68. The Hall–Kier alpha value is -2.82. The van der Waals surface area contributed by atoms with E-state index in [-0.39, 0.29) is 11.8 Å². The number of amides is 2. The number of carbonyl (C=O) groups is 2. The molecule has 0 saturated carbocycles. The molecular weight excluding hydrogens is 364 g/mol. The molecule has 1 fully saturated rings. The fourth-order valence-corrected chi connectivity index (χ4v) is 3.55. The normalized spacial score (nSPS) is 14.2. The van der Waals surface area contributed by atoms with Gasteiger partial charge in [-0.15, -0.1) is 0 Å². The summed E-state index contributed by atoms with van der Waals surface area (Å²) in [5.41, 5.74) is 3.16. The van der Waals surface area contributed by atoms with E-state index in [0.29, 0.717) is 44.1 Å². The predicted octanol–water partition coefficient (Wildman–Crippen LogP) is 3.74. The van der Waals surface area contributed by atoms with Crippen LogP contribution in [0.4, 0.5) is 0 Å². The van der Waals surface area contributed by atoms with Gasteiger partial charge in [-0.3, -0.25) is 9.59 Å². The summed E-state index contributed by atoms with van der Waals surface area (Å²) in [7, 11) is 1.60. The number of carbonyl (C=O) groups excluding carboxylic acids is 2. The zero-order chi connectivity index (χ0) is 20.8. The lowest BCUT2D eigenvalue weighted by molar-refractivity contribution is -0.132. The zero-order valence-electron chi connectivity index (χ0n) is 17.6. The van der Waals surface area contributed by atoms with E-state index < -0.39 is 0 Å². The first-order valence-corrected chi connectivity index (χ1v) is 10.3. The van der Waals surface area contributed by atoms with Gasteiger partial charge in [-0.2, -0.15) is 0 Å². The summed E-state index contributed by atoms with van der Waals surface area (Å²) in [4.78, 5) is 28.9. The molecule has 1 aliphatic rings. The second-order valence-electron chi connectivity index (χ2n) is 7.80. The van der Waals surface area contributed by atoms with Gasteiger partial charge in [0.05, 0.1) is 7.11 Å². The van der Waals surface area contributed by atoms with E-state index >= 15 is 0 Å². The van der Waals surface area contributed by atoms with Gasteiger partial charge in [-0.1, -0.05) is 38.1 Å². The minimum atomic E-state index is 0.00462. The van der Waals surface area contributed by atoms with E-state index in [0.717, 1.165) is 12.2 Å². The van der Waals surface area contributed by atoms with Crippen molar-refractivity contribution in [2.45, 2.75) is 32.6 Å². The van der Waals surface area contributed by atoms with Crippen LogP contribution < -0.4 is 4.74 Å². The molecule has 0 bridgehead atoms. The topological polar surface area (TPSA) is 49.9 Å². The zero-order valence-corrected chi connectivity index (χ0v) is 17.6. The highest BCUT2D eigenvalue weighted by Crippen LogP contribution is 2.17. The van der Waals surface area contributed by atoms with Gasteiger partial charge in [0.25, 0.3) is 5.91 Å². The summed E-state index contributed by atoms with van der Waals surface area (Å²) in [5, 5.41) is 0. The number of piperazine rings is 1. The number of benzene rings is 2. The smallest absolute Gasteiger partial charge is 0.253 e. The van der Waals surface area contributed by atoms with Gasteiger partial charge in [0.15, 0.2) is 0 Å². The van der Waals surface area contributed by atoms with Crippen LogP contribution in [0.3, 0.4) is 0 Å². The lowest BCUT2D eigenvalue weighted by Gasteiger charge is -2.35. The molecule has 0 radical (unpaired) electrons. The number of ether oxygens (including phenoxy) is 1. The van der Waals surface area contributed by atoms with Crippen LogP contribution in [0.5, 0.6) is 5.75 Å². The second-order valence-corrected chi connectivity index (χ2v) is 7.80. The first kappa shape index (κ1) is 20.9. The standard InChI is InChI=1S/C24H30N2O3/c1-18(2)20-7-4-19(5-8-20)6-13-23(27)25-14-16-26(17-15-25)24(28)21-9-11-22(29-3)12-10-21/h4-5,7-12,18H,6,13-17H2,1-3H3. The Labute approximate surface area is 173 Å². The van der Waals surface area contributed by atoms with Gasteiger partial charge in [-0.05, 0) is 47.7 Å². The average Bonchev–Trinajstić information content (AvgIpc) is 2.77. The van der Waals surface area contributed by atoms with Crippen molar-refractivity contribution in [2.75, 3.05) is 33.3 Å². The maximum atomic E-state index is 12.6. The van der Waals surface area contributed by atoms with Crippen LogP contribution >= 0.6 is 0 Å². The Balaban J connectivity index is 1.46. The maximum Gasteiger partial charge on any atom is 0.253 e. The van der Waals surface area contributed by atoms with Crippen LogP contribution in [0.25, 0.3) is 0 Å². The third-order valence-electron chi connectivity index (χ3n) is 5.53. The van der Waals surface area contributed by atoms with Crippen LogP contribution in [-0.4, -0.2) is 54.9 Å². The van der Waals surface area contributed by atoms with Crippen LogP contribution in [0.2, 0.25) is 0 Å². The molecule has 154 valence electrons. The molecule has 0 aromatic heterocycles. The molecule has 5 heteroatoms. The third kappa shape index (κ3) is 5.37. The Bertz CT molecular complexity index is 820. The van der Waals surface area contributed by atoms with E-state index in [2.05, 4.69) is 38.1 Å². The molecule has 29 heavy (non-hydrogen) atoms. The molecule has 3 rings (SSSR count). The highest BCUT2D eigenvalue weighted by molar-refractivity contribution is 5.94. The maximum absolute atomic E-state index is 12.6. The summed E-state index contributed by atoms with van der Waals surface area (Å²) in [5.74, 6) is 1.41. The second kappa shape index (κ2) is 9.59. The molecule has 0 unspecified atom stereocenters. The van der Waals surface area contributed by atoms with Gasteiger partial charge in [0, 0.05) is 38.2 Å². The van der Waals surface area contributed by atoms with Gasteiger partial charge < -0.3 is 14.5 Å². The summed E-state index contributed by atoms with van der Waals surface area (Å²) in [6, 6.07) is 15.7. The van der Waals surface area contributed by atoms with Crippen molar-refractivity contribution in [2.24, 2.45) is 0 Å². The average molecular weight is 395 g/mol. The molecule has 1 heterocycles. The Morgan fingerprint density at radius 3 is 2.03 bits per heavy atom. The van der Waals surface area contributed by atoms with Crippen LogP contribution in [0, 0.1) is 0 Å². The van der Waals surface area contributed by atoms with Crippen LogP contribution in [-0.2, 0) is 11.2 Å². The monoisotopic (exact) mass is 394 g/mol. The molecule has 1 aliphatic heterocycles. The van der Waals surface area contributed by atoms with Gasteiger partial charge in [0.2, 0.25) is 5.91 Å². The molecule has 1 saturated heterocycles. The number of methoxy groups -OCH3 is 1. The molecular formula is C24H30N2O3. The minimum absolute atomic E-state index is 0.00462. The quantitative estimate of drug-likeness (QED) is 0.750. The van der Waals surface area contributed by atoms with E-state index in [1.54, 1.807) is 31.4 Å². The summed E-state index contributed by atoms with van der Waals surface area (Å²) >= 11 is 0. The van der Waals surface area contributed by atoms with Crippen LogP contribution in [0.15, 0.2) is 48.5 Å². The highest BCUT2D eigenvalue weighted by atomic mass is 16.5. The molecule has 2 amide bonds. The Kier molecular flexibility index (Phi) is 6.91. The molecule has 2 aromatic rings. The number of rotatable bonds is 6. The van der Waals surface area contributed by atoms with E-state index in [4.69, 9.17) is 4.74 Å². The predicted molar refractivity (Wildman–Crippen MR) is 114 cm³/mol. The van der Waals surface area contributed by atoms with Crippen LogP contribution in [0.1, 0.15) is 47.7 Å².